The van der Waals surface area contributed by atoms with Gasteiger partial charge in [0, 0.05) is 22.5 Å². The third kappa shape index (κ3) is 4.60. The van der Waals surface area contributed by atoms with Crippen molar-refractivity contribution >= 4 is 38.1 Å². The first-order chi connectivity index (χ1) is 12.4. The van der Waals surface area contributed by atoms with E-state index >= 15 is 0 Å². The third-order valence-corrected chi connectivity index (χ3v) is 5.88. The van der Waals surface area contributed by atoms with E-state index in [1.54, 1.807) is 24.3 Å². The number of anilines is 2. The topological polar surface area (TPSA) is 114 Å². The molecule has 2 aromatic rings. The van der Waals surface area contributed by atoms with E-state index in [0.717, 1.165) is 36.8 Å². The summed E-state index contributed by atoms with van der Waals surface area (Å²) < 4.78 is 24.9. The van der Waals surface area contributed by atoms with Gasteiger partial charge in [-0.15, -0.1) is 11.3 Å². The quantitative estimate of drug-likeness (QED) is 0.696. The summed E-state index contributed by atoms with van der Waals surface area (Å²) in [4.78, 5) is 16.9. The number of nitrogens with one attached hydrogen (secondary N) is 2. The molecule has 1 aromatic heterocycles. The van der Waals surface area contributed by atoms with Gasteiger partial charge in [-0.3, -0.25) is 9.52 Å². The number of thiazole rings is 1. The normalized spacial score (nSPS) is 20.1. The number of nitrogens with two attached hydrogens (primary N) is 1. The molecule has 0 spiro atoms. The van der Waals surface area contributed by atoms with Gasteiger partial charge in [-0.25, -0.2) is 13.4 Å². The molecule has 26 heavy (non-hydrogen) atoms. The summed E-state index contributed by atoms with van der Waals surface area (Å²) >= 11 is 1.37. The smallest absolute Gasteiger partial charge is 0.229 e. The van der Waals surface area contributed by atoms with Gasteiger partial charge in [-0.2, -0.15) is 0 Å². The summed E-state index contributed by atoms with van der Waals surface area (Å²) in [5, 5.41) is 5.33. The first-order valence-corrected chi connectivity index (χ1v) is 11.2. The molecule has 2 atom stereocenters. The molecule has 9 heteroatoms. The van der Waals surface area contributed by atoms with Crippen molar-refractivity contribution in [2.24, 2.45) is 17.6 Å². The lowest BCUT2D eigenvalue weighted by Gasteiger charge is -2.16. The molecule has 1 aromatic carbocycles. The van der Waals surface area contributed by atoms with Crippen molar-refractivity contribution in [2.75, 3.05) is 22.8 Å². The molecule has 1 heterocycles. The zero-order valence-corrected chi connectivity index (χ0v) is 16.1. The molecule has 0 unspecified atom stereocenters. The Bertz CT molecular complexity index is 878. The Hall–Kier alpha value is -1.97. The Kier molecular flexibility index (Phi) is 5.59. The Morgan fingerprint density at radius 2 is 2.04 bits per heavy atom. The molecule has 1 aliphatic rings. The van der Waals surface area contributed by atoms with Crippen molar-refractivity contribution in [3.05, 3.63) is 29.6 Å². The van der Waals surface area contributed by atoms with Crippen molar-refractivity contribution in [2.45, 2.75) is 19.3 Å². The molecule has 3 rings (SSSR count). The van der Waals surface area contributed by atoms with E-state index in [9.17, 15) is 13.2 Å². The van der Waals surface area contributed by atoms with Crippen molar-refractivity contribution in [3.8, 4) is 11.3 Å². The Labute approximate surface area is 157 Å². The number of benzene rings is 1. The second kappa shape index (κ2) is 7.73. The van der Waals surface area contributed by atoms with Gasteiger partial charge < -0.3 is 11.1 Å². The maximum Gasteiger partial charge on any atom is 0.229 e. The summed E-state index contributed by atoms with van der Waals surface area (Å²) in [6, 6.07) is 6.93. The number of hydrogen-bond donors (Lipinski definition) is 3. The first-order valence-electron chi connectivity index (χ1n) is 8.40. The van der Waals surface area contributed by atoms with Crippen LogP contribution in [-0.2, 0) is 14.8 Å². The van der Waals surface area contributed by atoms with Crippen molar-refractivity contribution in [1.29, 1.82) is 0 Å². The minimum Gasteiger partial charge on any atom is -0.330 e. The van der Waals surface area contributed by atoms with E-state index < -0.39 is 10.0 Å². The number of amides is 1. The molecule has 0 aliphatic heterocycles. The van der Waals surface area contributed by atoms with Gasteiger partial charge in [0.25, 0.3) is 0 Å². The second-order valence-corrected chi connectivity index (χ2v) is 9.12. The van der Waals surface area contributed by atoms with Gasteiger partial charge in [-0.05, 0) is 37.4 Å². The fraction of sp³-hybridized carbons (Fsp3) is 0.412. The summed E-state index contributed by atoms with van der Waals surface area (Å²) in [6.07, 6.45) is 4.03. The maximum absolute atomic E-state index is 12.4. The van der Waals surface area contributed by atoms with Crippen molar-refractivity contribution in [1.82, 2.24) is 4.98 Å². The third-order valence-electron chi connectivity index (χ3n) is 4.52. The molecule has 140 valence electrons. The van der Waals surface area contributed by atoms with Gasteiger partial charge in [0.05, 0.1) is 11.9 Å². The predicted molar refractivity (Wildman–Crippen MR) is 105 cm³/mol. The standard InChI is InChI=1S/C17H22N4O3S2/c1-26(23,24)21-13-7-5-11(6-8-13)15-10-25-17(19-15)20-16(22)14-4-2-3-12(14)9-18/h5-8,10,12,14,21H,2-4,9,18H2,1H3,(H,19,20,22)/t12-,14-/m1/s1. The van der Waals surface area contributed by atoms with E-state index in [2.05, 4.69) is 15.0 Å². The lowest BCUT2D eigenvalue weighted by Crippen LogP contribution is -2.29. The van der Waals surface area contributed by atoms with E-state index in [4.69, 9.17) is 5.73 Å². The number of carbonyl (C=O) groups excluding carboxylic acids is 1. The number of sulfonamides is 1. The highest BCUT2D eigenvalue weighted by atomic mass is 32.2. The molecule has 1 aliphatic carbocycles. The lowest BCUT2D eigenvalue weighted by atomic mass is 9.95. The molecule has 1 saturated carbocycles. The number of nitrogens with zero attached hydrogens (tertiary/aromatic N) is 1. The first kappa shape index (κ1) is 18.8. The van der Waals surface area contributed by atoms with E-state index in [1.807, 2.05) is 5.38 Å². The second-order valence-electron chi connectivity index (χ2n) is 6.51. The SMILES string of the molecule is CS(=O)(=O)Nc1ccc(-c2csc(NC(=O)[C@@H]3CCC[C@@H]3CN)n2)cc1. The minimum absolute atomic E-state index is 0.00782. The largest absolute Gasteiger partial charge is 0.330 e. The van der Waals surface area contributed by atoms with Crippen LogP contribution >= 0.6 is 11.3 Å². The van der Waals surface area contributed by atoms with Gasteiger partial charge in [0.1, 0.15) is 0 Å². The van der Waals surface area contributed by atoms with Crippen LogP contribution in [-0.4, -0.2) is 32.1 Å². The Morgan fingerprint density at radius 3 is 2.69 bits per heavy atom. The molecule has 0 radical (unpaired) electrons. The molecule has 1 fully saturated rings. The van der Waals surface area contributed by atoms with E-state index in [1.165, 1.54) is 11.3 Å². The zero-order valence-electron chi connectivity index (χ0n) is 14.4. The van der Waals surface area contributed by atoms with Gasteiger partial charge in [0.15, 0.2) is 5.13 Å². The Balaban J connectivity index is 1.67. The monoisotopic (exact) mass is 394 g/mol. The van der Waals surface area contributed by atoms with Crippen molar-refractivity contribution < 1.29 is 13.2 Å². The summed E-state index contributed by atoms with van der Waals surface area (Å²) in [5.74, 6) is 0.213. The predicted octanol–water partition coefficient (Wildman–Crippen LogP) is 2.50. The van der Waals surface area contributed by atoms with Crippen LogP contribution in [0.2, 0.25) is 0 Å². The average molecular weight is 395 g/mol. The highest BCUT2D eigenvalue weighted by Crippen LogP contribution is 2.33. The summed E-state index contributed by atoms with van der Waals surface area (Å²) in [6.45, 7) is 0.537. The van der Waals surface area contributed by atoms with Crippen LogP contribution in [0.3, 0.4) is 0 Å². The van der Waals surface area contributed by atoms with Crippen LogP contribution in [0.4, 0.5) is 10.8 Å². The van der Waals surface area contributed by atoms with Crippen LogP contribution in [0.15, 0.2) is 29.6 Å². The van der Waals surface area contributed by atoms with Gasteiger partial charge in [0.2, 0.25) is 15.9 Å². The Morgan fingerprint density at radius 1 is 1.31 bits per heavy atom. The van der Waals surface area contributed by atoms with Crippen molar-refractivity contribution in [3.63, 3.8) is 0 Å². The number of aromatic nitrogens is 1. The molecule has 4 N–H and O–H groups in total. The fourth-order valence-corrected chi connectivity index (χ4v) is 4.54. The van der Waals surface area contributed by atoms with Crippen LogP contribution in [0.1, 0.15) is 19.3 Å². The van der Waals surface area contributed by atoms with Gasteiger partial charge in [-0.1, -0.05) is 18.6 Å². The minimum atomic E-state index is -3.30. The van der Waals surface area contributed by atoms with Gasteiger partial charge >= 0.3 is 0 Å². The van der Waals surface area contributed by atoms with Crippen LogP contribution in [0.5, 0.6) is 0 Å². The molecular formula is C17H22N4O3S2. The van der Waals surface area contributed by atoms with Crippen LogP contribution in [0.25, 0.3) is 11.3 Å². The summed E-state index contributed by atoms with van der Waals surface area (Å²) in [7, 11) is -3.30. The van der Waals surface area contributed by atoms with E-state index in [0.29, 0.717) is 17.4 Å². The highest BCUT2D eigenvalue weighted by molar-refractivity contribution is 7.92. The highest BCUT2D eigenvalue weighted by Gasteiger charge is 2.32. The molecular weight excluding hydrogens is 372 g/mol. The van der Waals surface area contributed by atoms with Crippen LogP contribution in [0, 0.1) is 11.8 Å². The fourth-order valence-electron chi connectivity index (χ4n) is 3.25. The molecule has 0 saturated heterocycles. The van der Waals surface area contributed by atoms with Crippen LogP contribution < -0.4 is 15.8 Å². The number of carbonyl (C=O) groups is 1. The maximum atomic E-state index is 12.4. The molecule has 1 amide bonds. The number of rotatable bonds is 6. The number of hydrogen-bond acceptors (Lipinski definition) is 6. The summed E-state index contributed by atoms with van der Waals surface area (Å²) in [5.41, 5.74) is 7.83. The molecule has 7 nitrogen and oxygen atoms in total. The lowest BCUT2D eigenvalue weighted by molar-refractivity contribution is -0.120. The molecule has 0 bridgehead atoms. The zero-order chi connectivity index (χ0) is 18.7. The van der Waals surface area contributed by atoms with E-state index in [-0.39, 0.29) is 17.7 Å². The average Bonchev–Trinajstić information content (AvgIpc) is 3.23.